The van der Waals surface area contributed by atoms with Crippen LogP contribution in [0.2, 0.25) is 0 Å². The van der Waals surface area contributed by atoms with E-state index in [-0.39, 0.29) is 11.9 Å². The van der Waals surface area contributed by atoms with Gasteiger partial charge in [-0.3, -0.25) is 4.79 Å². The zero-order valence-corrected chi connectivity index (χ0v) is 16.6. The highest BCUT2D eigenvalue weighted by molar-refractivity contribution is 7.88. The van der Waals surface area contributed by atoms with Crippen LogP contribution in [0.5, 0.6) is 5.75 Å². The first-order valence-electron chi connectivity index (χ1n) is 9.47. The maximum atomic E-state index is 12.6. The number of benzene rings is 1. The lowest BCUT2D eigenvalue weighted by molar-refractivity contribution is -0.127. The van der Waals surface area contributed by atoms with Crippen LogP contribution in [-0.2, 0) is 14.9 Å². The van der Waals surface area contributed by atoms with Gasteiger partial charge in [0.15, 0.2) is 0 Å². The van der Waals surface area contributed by atoms with Crippen molar-refractivity contribution in [2.75, 3.05) is 26.2 Å². The Balaban J connectivity index is 1.58. The van der Waals surface area contributed by atoms with Gasteiger partial charge in [0, 0.05) is 25.2 Å². The Morgan fingerprint density at radius 3 is 2.38 bits per heavy atom. The highest BCUT2D eigenvalue weighted by Gasteiger charge is 2.48. The van der Waals surface area contributed by atoms with Gasteiger partial charge in [-0.1, -0.05) is 12.1 Å². The minimum absolute atomic E-state index is 0.105. The molecule has 1 amide bonds. The van der Waals surface area contributed by atoms with Crippen LogP contribution in [0.25, 0.3) is 6.08 Å². The Labute approximate surface area is 168 Å². The largest absolute Gasteiger partial charge is 0.534 e. The zero-order chi connectivity index (χ0) is 21.1. The van der Waals surface area contributed by atoms with E-state index in [1.807, 2.05) is 4.90 Å². The summed E-state index contributed by atoms with van der Waals surface area (Å²) in [5.74, 6) is -0.553. The van der Waals surface area contributed by atoms with E-state index in [1.165, 1.54) is 31.1 Å². The van der Waals surface area contributed by atoms with E-state index in [0.29, 0.717) is 12.1 Å². The third kappa shape index (κ3) is 5.51. The van der Waals surface area contributed by atoms with Crippen LogP contribution in [0.1, 0.15) is 31.2 Å². The van der Waals surface area contributed by atoms with Gasteiger partial charge in [0.2, 0.25) is 5.91 Å². The minimum atomic E-state index is -5.70. The number of likely N-dealkylation sites (tertiary alicyclic amines) is 2. The van der Waals surface area contributed by atoms with Crippen molar-refractivity contribution in [2.45, 2.75) is 37.2 Å². The molecule has 0 aromatic heterocycles. The lowest BCUT2D eigenvalue weighted by Crippen LogP contribution is -2.41. The normalized spacial score (nSPS) is 21.2. The molecule has 2 aliphatic rings. The summed E-state index contributed by atoms with van der Waals surface area (Å²) in [6, 6.07) is 5.19. The maximum absolute atomic E-state index is 12.6. The Bertz CT molecular complexity index is 847. The van der Waals surface area contributed by atoms with Gasteiger partial charge in [0.05, 0.1) is 0 Å². The average Bonchev–Trinajstić information content (AvgIpc) is 3.32. The van der Waals surface area contributed by atoms with Crippen LogP contribution < -0.4 is 4.18 Å². The Morgan fingerprint density at radius 2 is 1.76 bits per heavy atom. The smallest absolute Gasteiger partial charge is 0.376 e. The molecule has 1 aromatic rings. The fourth-order valence-corrected chi connectivity index (χ4v) is 4.11. The lowest BCUT2D eigenvalue weighted by atomic mass is 10.2. The van der Waals surface area contributed by atoms with Crippen LogP contribution in [0, 0.1) is 0 Å². The molecule has 0 aliphatic carbocycles. The number of carbonyl (C=O) groups is 1. The van der Waals surface area contributed by atoms with Gasteiger partial charge in [-0.25, -0.2) is 0 Å². The van der Waals surface area contributed by atoms with E-state index in [0.717, 1.165) is 44.6 Å². The second kappa shape index (κ2) is 8.74. The van der Waals surface area contributed by atoms with Gasteiger partial charge in [-0.05, 0) is 62.5 Å². The number of halogens is 3. The minimum Gasteiger partial charge on any atom is -0.376 e. The quantitative estimate of drug-likeness (QED) is 0.393. The van der Waals surface area contributed by atoms with E-state index < -0.39 is 21.4 Å². The summed E-state index contributed by atoms with van der Waals surface area (Å²) >= 11 is 0. The number of hydrogen-bond acceptors (Lipinski definition) is 5. The SMILES string of the molecule is O=C(C=Cc1ccc(OS(=O)(=O)C(F)(F)F)cc1)N1CCCC1CN1CCCC1. The maximum Gasteiger partial charge on any atom is 0.534 e. The van der Waals surface area contributed by atoms with Crippen molar-refractivity contribution in [1.82, 2.24) is 9.80 Å². The summed E-state index contributed by atoms with van der Waals surface area (Å²) in [6.07, 6.45) is 7.34. The van der Waals surface area contributed by atoms with E-state index >= 15 is 0 Å². The summed E-state index contributed by atoms with van der Waals surface area (Å²) in [5, 5.41) is 0. The predicted molar refractivity (Wildman–Crippen MR) is 101 cm³/mol. The van der Waals surface area contributed by atoms with Crippen LogP contribution in [0.4, 0.5) is 13.2 Å². The summed E-state index contributed by atoms with van der Waals surface area (Å²) < 4.78 is 63.1. The first-order chi connectivity index (χ1) is 13.7. The molecule has 0 radical (unpaired) electrons. The molecule has 0 saturated carbocycles. The third-order valence-electron chi connectivity index (χ3n) is 5.12. The fourth-order valence-electron chi connectivity index (χ4n) is 3.65. The molecule has 2 heterocycles. The van der Waals surface area contributed by atoms with Crippen LogP contribution in [-0.4, -0.2) is 61.9 Å². The molecule has 10 heteroatoms. The zero-order valence-electron chi connectivity index (χ0n) is 15.8. The number of rotatable bonds is 6. The second-order valence-electron chi connectivity index (χ2n) is 7.22. The lowest BCUT2D eigenvalue weighted by Gasteiger charge is -2.27. The van der Waals surface area contributed by atoms with Crippen molar-refractivity contribution in [3.05, 3.63) is 35.9 Å². The molecule has 6 nitrogen and oxygen atoms in total. The highest BCUT2D eigenvalue weighted by Crippen LogP contribution is 2.27. The van der Waals surface area contributed by atoms with Crippen LogP contribution >= 0.6 is 0 Å². The number of amides is 1. The summed E-state index contributed by atoms with van der Waals surface area (Å²) in [4.78, 5) is 16.8. The summed E-state index contributed by atoms with van der Waals surface area (Å²) in [6.45, 7) is 3.75. The molecule has 2 aliphatic heterocycles. The van der Waals surface area contributed by atoms with Gasteiger partial charge >= 0.3 is 15.6 Å². The first kappa shape index (κ1) is 21.6. The molecule has 29 heavy (non-hydrogen) atoms. The van der Waals surface area contributed by atoms with E-state index in [9.17, 15) is 26.4 Å². The Hall–Kier alpha value is -2.07. The standard InChI is InChI=1S/C19H23F3N2O4S/c20-19(21,22)29(26,27)28-17-8-5-15(6-9-17)7-10-18(25)24-13-3-4-16(24)14-23-11-1-2-12-23/h5-10,16H,1-4,11-14H2. The van der Waals surface area contributed by atoms with Crippen molar-refractivity contribution in [3.63, 3.8) is 0 Å². The van der Waals surface area contributed by atoms with Crippen molar-refractivity contribution in [3.8, 4) is 5.75 Å². The fraction of sp³-hybridized carbons (Fsp3) is 0.526. The molecule has 1 aromatic carbocycles. The first-order valence-corrected chi connectivity index (χ1v) is 10.9. The molecule has 2 fully saturated rings. The number of alkyl halides is 3. The third-order valence-corrected chi connectivity index (χ3v) is 6.09. The Kier molecular flexibility index (Phi) is 6.52. The molecule has 0 N–H and O–H groups in total. The predicted octanol–water partition coefficient (Wildman–Crippen LogP) is 3.02. The van der Waals surface area contributed by atoms with Crippen LogP contribution in [0.3, 0.4) is 0 Å². The summed E-state index contributed by atoms with van der Waals surface area (Å²) in [5.41, 5.74) is -4.94. The number of hydrogen-bond donors (Lipinski definition) is 0. The van der Waals surface area contributed by atoms with Gasteiger partial charge in [0.25, 0.3) is 0 Å². The average molecular weight is 432 g/mol. The van der Waals surface area contributed by atoms with Gasteiger partial charge in [0.1, 0.15) is 5.75 Å². The van der Waals surface area contributed by atoms with Crippen molar-refractivity contribution in [1.29, 1.82) is 0 Å². The van der Waals surface area contributed by atoms with Gasteiger partial charge < -0.3 is 14.0 Å². The molecule has 3 rings (SSSR count). The Morgan fingerprint density at radius 1 is 1.10 bits per heavy atom. The number of carbonyl (C=O) groups excluding carboxylic acids is 1. The highest BCUT2D eigenvalue weighted by atomic mass is 32.2. The molecule has 2 saturated heterocycles. The van der Waals surface area contributed by atoms with Gasteiger partial charge in [-0.2, -0.15) is 21.6 Å². The van der Waals surface area contributed by atoms with Gasteiger partial charge in [-0.15, -0.1) is 0 Å². The van der Waals surface area contributed by atoms with Crippen LogP contribution in [0.15, 0.2) is 30.3 Å². The molecule has 1 unspecified atom stereocenters. The van der Waals surface area contributed by atoms with E-state index in [1.54, 1.807) is 6.08 Å². The molecular weight excluding hydrogens is 409 g/mol. The molecule has 160 valence electrons. The second-order valence-corrected chi connectivity index (χ2v) is 8.76. The van der Waals surface area contributed by atoms with E-state index in [2.05, 4.69) is 9.08 Å². The topological polar surface area (TPSA) is 66.9 Å². The molecule has 0 spiro atoms. The van der Waals surface area contributed by atoms with E-state index in [4.69, 9.17) is 0 Å². The monoisotopic (exact) mass is 432 g/mol. The summed E-state index contributed by atoms with van der Waals surface area (Å²) in [7, 11) is -5.70. The van der Waals surface area contributed by atoms with Crippen molar-refractivity contribution in [2.24, 2.45) is 0 Å². The molecule has 1 atom stereocenters. The van der Waals surface area contributed by atoms with Crippen molar-refractivity contribution < 1.29 is 30.6 Å². The molecule has 0 bridgehead atoms. The molecular formula is C19H23F3N2O4S. The number of nitrogens with zero attached hydrogens (tertiary/aromatic N) is 2. The van der Waals surface area contributed by atoms with Crippen molar-refractivity contribution >= 4 is 22.1 Å².